The van der Waals surface area contributed by atoms with E-state index in [1.165, 1.54) is 106 Å². The summed E-state index contributed by atoms with van der Waals surface area (Å²) in [4.78, 5) is 78.5. The van der Waals surface area contributed by atoms with E-state index in [0.717, 1.165) is 0 Å². The summed E-state index contributed by atoms with van der Waals surface area (Å²) in [5.74, 6) is -5.68. The maximum absolute atomic E-state index is 13.3. The Labute approximate surface area is 468 Å². The molecule has 0 aliphatic carbocycles. The number of esters is 6. The number of ether oxygens (including phenoxy) is 13. The van der Waals surface area contributed by atoms with Crippen LogP contribution in [0.2, 0.25) is 0 Å². The molecule has 0 aromatic rings. The van der Waals surface area contributed by atoms with Gasteiger partial charge in [0.05, 0.1) is 13.2 Å². The van der Waals surface area contributed by atoms with Crippen LogP contribution in [0.25, 0.3) is 0 Å². The first-order valence-electron chi connectivity index (χ1n) is 26.1. The van der Waals surface area contributed by atoms with Crippen molar-refractivity contribution < 1.29 is 131 Å². The van der Waals surface area contributed by atoms with Gasteiger partial charge in [-0.15, -0.1) is 0 Å². The monoisotopic (exact) mass is 1160 g/mol. The van der Waals surface area contributed by atoms with Gasteiger partial charge in [0, 0.05) is 33.4 Å². The molecule has 27 nitrogen and oxygen atoms in total. The van der Waals surface area contributed by atoms with E-state index in [2.05, 4.69) is 0 Å². The van der Waals surface area contributed by atoms with E-state index in [4.69, 9.17) is 61.6 Å². The van der Waals surface area contributed by atoms with Crippen molar-refractivity contribution in [1.29, 1.82) is 0 Å². The minimum Gasteiger partial charge on any atom is -0.459 e. The maximum Gasteiger partial charge on any atom is 0.333 e. The fourth-order valence-corrected chi connectivity index (χ4v) is 8.01. The Morgan fingerprint density at radius 3 is 0.864 bits per heavy atom. The predicted molar refractivity (Wildman–Crippen MR) is 274 cm³/mol. The molecule has 4 fully saturated rings. The molecule has 4 saturated heterocycles. The van der Waals surface area contributed by atoms with Gasteiger partial charge in [0.2, 0.25) is 0 Å². The third-order valence-electron chi connectivity index (χ3n) is 14.0. The van der Waals surface area contributed by atoms with Gasteiger partial charge in [0.25, 0.3) is 0 Å². The van der Waals surface area contributed by atoms with Crippen molar-refractivity contribution in [3.8, 4) is 0 Å². The molecule has 0 radical (unpaired) electrons. The number of aliphatic hydroxyl groups is 8. The first-order chi connectivity index (χ1) is 38.3. The normalized spacial score (nSPS) is 35.6. The molecular formula is C54H78O27. The SMILES string of the molecule is CC=C(C)C(=O)OC[C@H]1O[C@H](O[C@H]2O[C@H](COC(=O)C(C)=CC)[C@@H](O)[C@H](O)[C@H]2O[C@@H]2O[C@H](CO)[C@@H](OC(=O)C(C)=CC)[C@H](OC(=O)C(C)=CC)[C@H]2O)[C@H](O[C@@H]2O[C@H](CO)[C@@H](OC(=O)C(C)=CC)[C@H](OC(=O)C(C)=CC)[C@H]2O)[C@@H](O)[C@@H]1O. The standard InChI is InChI=1S/C54H78O27/c1-13-23(7)45(63)69-21-31-33(57)35(59)43(79-51-37(61)41(77-49(67)27(11)17-5)39(29(19-55)71-51)75-47(65)25(9)15-3)53(73-31)81-54-44(36(60)34(58)32(74-54)22-70-46(64)24(8)14-2)80-52-38(62)42(78-50(68)28(12)18-6)40(30(20-56)72-52)76-48(66)26(10)16-4/h13-18,29-44,51-62H,19-22H2,1-12H3/t29-,30-,31-,32-,33-,34-,35+,36+,37-,38-,39-,40-,41-,42-,43-,44-,51+,52+,53-,54-/m1/s1. The lowest BCUT2D eigenvalue weighted by atomic mass is 9.96. The van der Waals surface area contributed by atoms with E-state index >= 15 is 0 Å². The Kier molecular flexibility index (Phi) is 26.4. The predicted octanol–water partition coefficient (Wildman–Crippen LogP) is -0.646. The fourth-order valence-electron chi connectivity index (χ4n) is 8.01. The van der Waals surface area contributed by atoms with Crippen molar-refractivity contribution in [2.75, 3.05) is 26.4 Å². The molecule has 4 heterocycles. The van der Waals surface area contributed by atoms with Crippen LogP contribution < -0.4 is 0 Å². The molecule has 20 atom stereocenters. The molecule has 0 saturated carbocycles. The lowest BCUT2D eigenvalue weighted by Crippen LogP contribution is -2.68. The average molecular weight is 1160 g/mol. The minimum absolute atomic E-state index is 0.0353. The number of allylic oxidation sites excluding steroid dienone is 6. The summed E-state index contributed by atoms with van der Waals surface area (Å²) in [6.45, 7) is 14.1. The zero-order chi connectivity index (χ0) is 60.7. The van der Waals surface area contributed by atoms with Crippen molar-refractivity contribution in [3.05, 3.63) is 69.9 Å². The fraction of sp³-hybridized carbons (Fsp3) is 0.667. The highest BCUT2D eigenvalue weighted by molar-refractivity contribution is 5.90. The van der Waals surface area contributed by atoms with Crippen LogP contribution in [0.1, 0.15) is 83.1 Å². The maximum atomic E-state index is 13.3. The highest BCUT2D eigenvalue weighted by Gasteiger charge is 2.58. The first kappa shape index (κ1) is 68.2. The molecule has 0 spiro atoms. The Morgan fingerprint density at radius 1 is 0.333 bits per heavy atom. The van der Waals surface area contributed by atoms with Crippen molar-refractivity contribution in [2.45, 2.75) is 206 Å². The van der Waals surface area contributed by atoms with Gasteiger partial charge in [-0.1, -0.05) is 36.5 Å². The lowest BCUT2D eigenvalue weighted by molar-refractivity contribution is -0.414. The largest absolute Gasteiger partial charge is 0.459 e. The van der Waals surface area contributed by atoms with Gasteiger partial charge in [0.15, 0.2) is 49.6 Å². The topological polar surface area (TPSA) is 384 Å². The van der Waals surface area contributed by atoms with Gasteiger partial charge < -0.3 is 102 Å². The zero-order valence-electron chi connectivity index (χ0n) is 47.2. The van der Waals surface area contributed by atoms with Crippen LogP contribution in [-0.2, 0) is 90.3 Å². The molecule has 4 aliphatic rings. The van der Waals surface area contributed by atoms with Crippen molar-refractivity contribution in [3.63, 3.8) is 0 Å². The summed E-state index contributed by atoms with van der Waals surface area (Å²) in [5.41, 5.74) is 0.484. The second-order valence-corrected chi connectivity index (χ2v) is 19.3. The highest BCUT2D eigenvalue weighted by Crippen LogP contribution is 2.37. The summed E-state index contributed by atoms with van der Waals surface area (Å²) < 4.78 is 75.9. The number of carbonyl (C=O) groups excluding carboxylic acids is 6. The minimum atomic E-state index is -2.23. The molecule has 0 amide bonds. The molecule has 0 bridgehead atoms. The summed E-state index contributed by atoms with van der Waals surface area (Å²) in [6.07, 6.45) is -31.4. The van der Waals surface area contributed by atoms with E-state index < -0.39 is 185 Å². The number of hydrogen-bond acceptors (Lipinski definition) is 27. The van der Waals surface area contributed by atoms with Gasteiger partial charge >= 0.3 is 35.8 Å². The van der Waals surface area contributed by atoms with E-state index in [9.17, 15) is 69.6 Å². The third-order valence-corrected chi connectivity index (χ3v) is 14.0. The quantitative estimate of drug-likeness (QED) is 0.0379. The van der Waals surface area contributed by atoms with Gasteiger partial charge in [-0.05, 0) is 83.1 Å². The molecule has 4 rings (SSSR count). The van der Waals surface area contributed by atoms with E-state index in [1.807, 2.05) is 0 Å². The molecule has 456 valence electrons. The van der Waals surface area contributed by atoms with Crippen LogP contribution in [0.4, 0.5) is 0 Å². The molecule has 0 unspecified atom stereocenters. The Hall–Kier alpha value is -5.34. The molecule has 4 aliphatic heterocycles. The summed E-state index contributed by atoms with van der Waals surface area (Å²) in [5, 5.41) is 92.4. The van der Waals surface area contributed by atoms with Crippen LogP contribution in [0.5, 0.6) is 0 Å². The molecule has 0 aromatic heterocycles. The number of aliphatic hydroxyl groups excluding tert-OH is 8. The zero-order valence-corrected chi connectivity index (χ0v) is 47.2. The summed E-state index contributed by atoms with van der Waals surface area (Å²) in [6, 6.07) is 0. The second-order valence-electron chi connectivity index (χ2n) is 19.3. The third kappa shape index (κ3) is 16.9. The first-order valence-corrected chi connectivity index (χ1v) is 26.1. The molecule has 27 heteroatoms. The summed E-state index contributed by atoms with van der Waals surface area (Å²) >= 11 is 0. The van der Waals surface area contributed by atoms with Crippen LogP contribution in [0.3, 0.4) is 0 Å². The molecule has 81 heavy (non-hydrogen) atoms. The Bertz CT molecular complexity index is 2210. The lowest BCUT2D eigenvalue weighted by Gasteiger charge is -2.49. The van der Waals surface area contributed by atoms with E-state index in [1.54, 1.807) is 13.8 Å². The van der Waals surface area contributed by atoms with Crippen molar-refractivity contribution >= 4 is 35.8 Å². The van der Waals surface area contributed by atoms with Crippen molar-refractivity contribution in [2.24, 2.45) is 0 Å². The van der Waals surface area contributed by atoms with E-state index in [-0.39, 0.29) is 33.4 Å². The van der Waals surface area contributed by atoms with Crippen LogP contribution in [0, 0.1) is 0 Å². The van der Waals surface area contributed by atoms with Crippen LogP contribution in [0.15, 0.2) is 69.9 Å². The molecule has 0 aromatic carbocycles. The van der Waals surface area contributed by atoms with Gasteiger partial charge in [-0.2, -0.15) is 0 Å². The highest BCUT2D eigenvalue weighted by atomic mass is 16.8. The van der Waals surface area contributed by atoms with Gasteiger partial charge in [-0.3, -0.25) is 0 Å². The Morgan fingerprint density at radius 2 is 0.593 bits per heavy atom. The Balaban J connectivity index is 1.88. The summed E-state index contributed by atoms with van der Waals surface area (Å²) in [7, 11) is 0. The molecule has 8 N–H and O–H groups in total. The average Bonchev–Trinajstić information content (AvgIpc) is 3.60. The van der Waals surface area contributed by atoms with Crippen LogP contribution in [-0.4, -0.2) is 226 Å². The second kappa shape index (κ2) is 31.4. The van der Waals surface area contributed by atoms with Crippen LogP contribution >= 0.6 is 0 Å². The van der Waals surface area contributed by atoms with Gasteiger partial charge in [0.1, 0.15) is 86.5 Å². The number of hydrogen-bond donors (Lipinski definition) is 8. The number of carbonyl (C=O) groups is 6. The smallest absolute Gasteiger partial charge is 0.333 e. The van der Waals surface area contributed by atoms with Crippen molar-refractivity contribution in [1.82, 2.24) is 0 Å². The van der Waals surface area contributed by atoms with Gasteiger partial charge in [-0.25, -0.2) is 28.8 Å². The number of rotatable bonds is 22. The molecular weight excluding hydrogens is 1080 g/mol. The van der Waals surface area contributed by atoms with E-state index in [0.29, 0.717) is 0 Å².